The molecule has 0 aliphatic carbocycles. The molecule has 0 aliphatic heterocycles. The highest BCUT2D eigenvalue weighted by atomic mass is 79.9. The van der Waals surface area contributed by atoms with Crippen LogP contribution in [0.4, 0.5) is 0 Å². The van der Waals surface area contributed by atoms with Crippen molar-refractivity contribution in [2.75, 3.05) is 6.54 Å². The number of primary amides is 1. The Hall–Kier alpha value is -1.66. The molecule has 0 bridgehead atoms. The van der Waals surface area contributed by atoms with Gasteiger partial charge in [0.05, 0.1) is 5.69 Å². The molecule has 0 radical (unpaired) electrons. The number of nitrogens with two attached hydrogens (primary N) is 1. The fourth-order valence-electron chi connectivity index (χ4n) is 2.05. The first kappa shape index (κ1) is 15.7. The highest BCUT2D eigenvalue weighted by molar-refractivity contribution is 9.10. The van der Waals surface area contributed by atoms with Crippen molar-refractivity contribution in [2.45, 2.75) is 26.3 Å². The third-order valence-electron chi connectivity index (χ3n) is 3.26. The molecule has 21 heavy (non-hydrogen) atoms. The van der Waals surface area contributed by atoms with Gasteiger partial charge in [0.1, 0.15) is 5.69 Å². The molecule has 112 valence electrons. The molecule has 1 aromatic heterocycles. The topological polar surface area (TPSA) is 72.9 Å². The lowest BCUT2D eigenvalue weighted by molar-refractivity contribution is 0.0995. The zero-order valence-corrected chi connectivity index (χ0v) is 13.7. The Morgan fingerprint density at radius 3 is 2.81 bits per heavy atom. The molecule has 1 heterocycles. The van der Waals surface area contributed by atoms with Gasteiger partial charge in [-0.2, -0.15) is 5.10 Å². The van der Waals surface area contributed by atoms with Gasteiger partial charge < -0.3 is 11.1 Å². The number of hydrogen-bond acceptors (Lipinski definition) is 3. The summed E-state index contributed by atoms with van der Waals surface area (Å²) in [5.41, 5.74) is 7.54. The fourth-order valence-corrected chi connectivity index (χ4v) is 2.62. The largest absolute Gasteiger partial charge is 0.364 e. The van der Waals surface area contributed by atoms with Crippen molar-refractivity contribution in [3.8, 4) is 5.69 Å². The van der Waals surface area contributed by atoms with Crippen LogP contribution in [0.1, 0.15) is 42.4 Å². The molecule has 1 atom stereocenters. The average molecular weight is 351 g/mol. The molecule has 1 aromatic carbocycles. The van der Waals surface area contributed by atoms with Crippen molar-refractivity contribution >= 4 is 21.8 Å². The van der Waals surface area contributed by atoms with Gasteiger partial charge in [0.15, 0.2) is 0 Å². The van der Waals surface area contributed by atoms with Crippen molar-refractivity contribution in [1.29, 1.82) is 0 Å². The monoisotopic (exact) mass is 350 g/mol. The summed E-state index contributed by atoms with van der Waals surface area (Å²) in [5.74, 6) is -0.529. The Bertz CT molecular complexity index is 638. The Morgan fingerprint density at radius 1 is 1.48 bits per heavy atom. The van der Waals surface area contributed by atoms with Crippen molar-refractivity contribution in [1.82, 2.24) is 15.1 Å². The van der Waals surface area contributed by atoms with E-state index in [1.807, 2.05) is 6.07 Å². The van der Waals surface area contributed by atoms with Gasteiger partial charge in [-0.15, -0.1) is 0 Å². The zero-order valence-electron chi connectivity index (χ0n) is 12.1. The van der Waals surface area contributed by atoms with Crippen LogP contribution < -0.4 is 11.1 Å². The number of aromatic nitrogens is 2. The van der Waals surface area contributed by atoms with Crippen LogP contribution in [0.15, 0.2) is 34.9 Å². The average Bonchev–Trinajstić information content (AvgIpc) is 2.94. The van der Waals surface area contributed by atoms with E-state index in [-0.39, 0.29) is 11.7 Å². The third kappa shape index (κ3) is 3.71. The van der Waals surface area contributed by atoms with Gasteiger partial charge in [0.2, 0.25) is 0 Å². The van der Waals surface area contributed by atoms with Crippen LogP contribution in [0, 0.1) is 0 Å². The Balaban J connectivity index is 2.24. The molecule has 6 heteroatoms. The Morgan fingerprint density at radius 2 is 2.24 bits per heavy atom. The minimum atomic E-state index is -0.529. The maximum Gasteiger partial charge on any atom is 0.269 e. The third-order valence-corrected chi connectivity index (χ3v) is 3.90. The molecule has 2 aromatic rings. The van der Waals surface area contributed by atoms with Gasteiger partial charge in [-0.3, -0.25) is 4.79 Å². The SMILES string of the molecule is CCCNC(C)c1ccc(-n2ccc(C(N)=O)n2)c(Br)c1. The number of hydrogen-bond donors (Lipinski definition) is 2. The van der Waals surface area contributed by atoms with Crippen LogP contribution in [0.25, 0.3) is 5.69 Å². The number of amides is 1. The van der Waals surface area contributed by atoms with Crippen LogP contribution in [0.3, 0.4) is 0 Å². The van der Waals surface area contributed by atoms with E-state index in [2.05, 4.69) is 52.3 Å². The van der Waals surface area contributed by atoms with Gasteiger partial charge in [0, 0.05) is 16.7 Å². The molecule has 2 rings (SSSR count). The molecule has 0 aliphatic rings. The lowest BCUT2D eigenvalue weighted by Crippen LogP contribution is -2.19. The van der Waals surface area contributed by atoms with Crippen molar-refractivity contribution in [2.24, 2.45) is 5.73 Å². The van der Waals surface area contributed by atoms with Crippen LogP contribution in [-0.2, 0) is 0 Å². The first-order valence-corrected chi connectivity index (χ1v) is 7.71. The predicted molar refractivity (Wildman–Crippen MR) is 86.5 cm³/mol. The number of rotatable bonds is 6. The summed E-state index contributed by atoms with van der Waals surface area (Å²) >= 11 is 3.56. The molecule has 5 nitrogen and oxygen atoms in total. The second-order valence-electron chi connectivity index (χ2n) is 4.90. The molecular weight excluding hydrogens is 332 g/mol. The van der Waals surface area contributed by atoms with Crippen LogP contribution in [0.2, 0.25) is 0 Å². The molecule has 0 saturated heterocycles. The van der Waals surface area contributed by atoms with E-state index in [9.17, 15) is 4.79 Å². The van der Waals surface area contributed by atoms with E-state index in [1.165, 1.54) is 5.56 Å². The predicted octanol–water partition coefficient (Wildman–Crippen LogP) is 2.79. The molecule has 0 fully saturated rings. The number of nitrogens with one attached hydrogen (secondary N) is 1. The van der Waals surface area contributed by atoms with Gasteiger partial charge >= 0.3 is 0 Å². The van der Waals surface area contributed by atoms with Crippen molar-refractivity contribution < 1.29 is 4.79 Å². The zero-order chi connectivity index (χ0) is 15.4. The number of benzene rings is 1. The quantitative estimate of drug-likeness (QED) is 0.841. The lowest BCUT2D eigenvalue weighted by atomic mass is 10.1. The first-order chi connectivity index (χ1) is 10.0. The number of carbonyl (C=O) groups excluding carboxylic acids is 1. The second-order valence-corrected chi connectivity index (χ2v) is 5.75. The lowest BCUT2D eigenvalue weighted by Gasteiger charge is -2.15. The van der Waals surface area contributed by atoms with E-state index >= 15 is 0 Å². The van der Waals surface area contributed by atoms with E-state index in [0.717, 1.165) is 23.1 Å². The van der Waals surface area contributed by atoms with Crippen molar-refractivity contribution in [3.63, 3.8) is 0 Å². The van der Waals surface area contributed by atoms with Crippen LogP contribution in [-0.4, -0.2) is 22.2 Å². The standard InChI is InChI=1S/C15H19BrN4O/c1-3-7-18-10(2)11-4-5-14(12(16)9-11)20-8-6-13(19-20)15(17)21/h4-6,8-10,18H,3,7H2,1-2H3,(H2,17,21). The summed E-state index contributed by atoms with van der Waals surface area (Å²) < 4.78 is 2.56. The van der Waals surface area contributed by atoms with Crippen LogP contribution in [0.5, 0.6) is 0 Å². The van der Waals surface area contributed by atoms with E-state index < -0.39 is 5.91 Å². The van der Waals surface area contributed by atoms with E-state index in [0.29, 0.717) is 0 Å². The molecular formula is C15H19BrN4O. The number of halogens is 1. The van der Waals surface area contributed by atoms with Crippen LogP contribution >= 0.6 is 15.9 Å². The van der Waals surface area contributed by atoms with E-state index in [1.54, 1.807) is 16.9 Å². The highest BCUT2D eigenvalue weighted by Crippen LogP contribution is 2.25. The van der Waals surface area contributed by atoms with Gasteiger partial charge in [0.25, 0.3) is 5.91 Å². The number of carbonyl (C=O) groups is 1. The summed E-state index contributed by atoms with van der Waals surface area (Å²) in [6.07, 6.45) is 2.82. The fraction of sp³-hybridized carbons (Fsp3) is 0.333. The summed E-state index contributed by atoms with van der Waals surface area (Å²) in [7, 11) is 0. The molecule has 0 spiro atoms. The van der Waals surface area contributed by atoms with Gasteiger partial charge in [-0.05, 0) is 59.6 Å². The molecule has 3 N–H and O–H groups in total. The smallest absolute Gasteiger partial charge is 0.269 e. The highest BCUT2D eigenvalue weighted by Gasteiger charge is 2.11. The first-order valence-electron chi connectivity index (χ1n) is 6.91. The summed E-state index contributed by atoms with van der Waals surface area (Å²) in [4.78, 5) is 11.1. The Labute approximate surface area is 132 Å². The normalized spacial score (nSPS) is 12.3. The van der Waals surface area contributed by atoms with Gasteiger partial charge in [-0.1, -0.05) is 13.0 Å². The molecule has 0 saturated carbocycles. The summed E-state index contributed by atoms with van der Waals surface area (Å²) in [6, 6.07) is 7.98. The maximum absolute atomic E-state index is 11.1. The second kappa shape index (κ2) is 6.87. The van der Waals surface area contributed by atoms with Gasteiger partial charge in [-0.25, -0.2) is 4.68 Å². The molecule has 1 unspecified atom stereocenters. The summed E-state index contributed by atoms with van der Waals surface area (Å²) in [6.45, 7) is 5.27. The molecule has 1 amide bonds. The Kier molecular flexibility index (Phi) is 5.14. The number of nitrogens with zero attached hydrogens (tertiary/aromatic N) is 2. The summed E-state index contributed by atoms with van der Waals surface area (Å²) in [5, 5.41) is 7.61. The van der Waals surface area contributed by atoms with E-state index in [4.69, 9.17) is 5.73 Å². The maximum atomic E-state index is 11.1. The minimum Gasteiger partial charge on any atom is -0.364 e. The van der Waals surface area contributed by atoms with Crippen molar-refractivity contribution in [3.05, 3.63) is 46.2 Å². The minimum absolute atomic E-state index is 0.254.